The molecule has 0 fully saturated rings. The molecule has 0 spiro atoms. The first-order valence-electron chi connectivity index (χ1n) is 6.79. The number of carbonyl (C=O) groups excluding carboxylic acids is 2. The zero-order valence-electron chi connectivity index (χ0n) is 12.5. The molecule has 6 heteroatoms. The molecule has 2 amide bonds. The summed E-state index contributed by atoms with van der Waals surface area (Å²) in [7, 11) is 1.75. The molecular formula is C15H22N2O3S. The van der Waals surface area contributed by atoms with Gasteiger partial charge >= 0.3 is 0 Å². The number of ether oxygens (including phenoxy) is 1. The molecular weight excluding hydrogens is 288 g/mol. The average Bonchev–Trinajstić information content (AvgIpc) is 2.45. The Hall–Kier alpha value is -1.69. The maximum atomic E-state index is 11.8. The van der Waals surface area contributed by atoms with Crippen molar-refractivity contribution in [2.75, 3.05) is 31.7 Å². The molecule has 0 atom stereocenters. The molecule has 0 aliphatic rings. The van der Waals surface area contributed by atoms with Crippen LogP contribution in [0.15, 0.2) is 24.3 Å². The molecule has 0 aromatic heterocycles. The van der Waals surface area contributed by atoms with Crippen molar-refractivity contribution in [1.82, 2.24) is 4.90 Å². The quantitative estimate of drug-likeness (QED) is 0.701. The Morgan fingerprint density at radius 2 is 2.05 bits per heavy atom. The number of likely N-dealkylation sites (N-methyl/N-ethyl adjacent to an activating group) is 1. The number of hydrogen-bond acceptors (Lipinski definition) is 4. The van der Waals surface area contributed by atoms with Crippen LogP contribution in [-0.4, -0.2) is 48.4 Å². The highest BCUT2D eigenvalue weighted by molar-refractivity contribution is 7.99. The fraction of sp³-hybridized carbons (Fsp3) is 0.467. The number of benzene rings is 1. The van der Waals surface area contributed by atoms with Crippen LogP contribution in [0.1, 0.15) is 12.0 Å². The molecule has 1 aromatic rings. The van der Waals surface area contributed by atoms with Crippen LogP contribution in [-0.2, 0) is 9.59 Å². The van der Waals surface area contributed by atoms with E-state index >= 15 is 0 Å². The van der Waals surface area contributed by atoms with Gasteiger partial charge in [-0.15, -0.1) is 0 Å². The van der Waals surface area contributed by atoms with E-state index in [0.717, 1.165) is 11.3 Å². The lowest BCUT2D eigenvalue weighted by Crippen LogP contribution is -2.31. The molecule has 0 unspecified atom stereocenters. The number of hydrogen-bond donors (Lipinski definition) is 1. The lowest BCUT2D eigenvalue weighted by molar-refractivity contribution is -0.129. The zero-order chi connectivity index (χ0) is 15.7. The van der Waals surface area contributed by atoms with Crippen molar-refractivity contribution in [3.63, 3.8) is 0 Å². The van der Waals surface area contributed by atoms with Gasteiger partial charge in [0, 0.05) is 19.2 Å². The first kappa shape index (κ1) is 17.4. The van der Waals surface area contributed by atoms with E-state index in [1.54, 1.807) is 11.9 Å². The van der Waals surface area contributed by atoms with Crippen LogP contribution in [0.3, 0.4) is 0 Å². The van der Waals surface area contributed by atoms with Crippen LogP contribution in [0, 0.1) is 6.92 Å². The summed E-state index contributed by atoms with van der Waals surface area (Å²) in [5.41, 5.74) is 6.11. The molecule has 116 valence electrons. The molecule has 5 nitrogen and oxygen atoms in total. The Labute approximate surface area is 129 Å². The molecule has 0 aliphatic heterocycles. The molecule has 0 saturated carbocycles. The SMILES string of the molecule is Cc1ccccc1OCCN(C)C(=O)CCSCC(N)=O. The van der Waals surface area contributed by atoms with Crippen molar-refractivity contribution >= 4 is 23.6 Å². The highest BCUT2D eigenvalue weighted by Gasteiger charge is 2.09. The first-order chi connectivity index (χ1) is 10.0. The second-order valence-corrected chi connectivity index (χ2v) is 5.80. The van der Waals surface area contributed by atoms with Crippen molar-refractivity contribution in [3.8, 4) is 5.75 Å². The molecule has 0 radical (unpaired) electrons. The fourth-order valence-electron chi connectivity index (χ4n) is 1.66. The van der Waals surface area contributed by atoms with Gasteiger partial charge in [-0.1, -0.05) is 18.2 Å². The maximum Gasteiger partial charge on any atom is 0.227 e. The van der Waals surface area contributed by atoms with E-state index in [-0.39, 0.29) is 17.6 Å². The smallest absolute Gasteiger partial charge is 0.227 e. The van der Waals surface area contributed by atoms with Gasteiger partial charge in [0.2, 0.25) is 11.8 Å². The van der Waals surface area contributed by atoms with Gasteiger partial charge in [0.05, 0.1) is 12.3 Å². The summed E-state index contributed by atoms with van der Waals surface area (Å²) in [6.45, 7) is 2.98. The normalized spacial score (nSPS) is 10.2. The number of carbonyl (C=O) groups is 2. The molecule has 1 aromatic carbocycles. The van der Waals surface area contributed by atoms with Crippen molar-refractivity contribution in [1.29, 1.82) is 0 Å². The lowest BCUT2D eigenvalue weighted by atomic mass is 10.2. The monoisotopic (exact) mass is 310 g/mol. The summed E-state index contributed by atoms with van der Waals surface area (Å²) in [6.07, 6.45) is 0.402. The van der Waals surface area contributed by atoms with E-state index in [4.69, 9.17) is 10.5 Å². The van der Waals surface area contributed by atoms with Crippen molar-refractivity contribution in [3.05, 3.63) is 29.8 Å². The van der Waals surface area contributed by atoms with Crippen LogP contribution in [0.5, 0.6) is 5.75 Å². The third-order valence-corrected chi connectivity index (χ3v) is 3.89. The van der Waals surface area contributed by atoms with Gasteiger partial charge in [-0.3, -0.25) is 9.59 Å². The molecule has 21 heavy (non-hydrogen) atoms. The molecule has 2 N–H and O–H groups in total. The molecule has 0 heterocycles. The highest BCUT2D eigenvalue weighted by Crippen LogP contribution is 2.15. The summed E-state index contributed by atoms with van der Waals surface area (Å²) in [6, 6.07) is 7.78. The predicted octanol–water partition coefficient (Wildman–Crippen LogP) is 1.44. The summed E-state index contributed by atoms with van der Waals surface area (Å²) in [4.78, 5) is 24.1. The van der Waals surface area contributed by atoms with E-state index in [0.29, 0.717) is 25.3 Å². The van der Waals surface area contributed by atoms with Gasteiger partial charge in [0.25, 0.3) is 0 Å². The number of thioether (sulfide) groups is 1. The van der Waals surface area contributed by atoms with Crippen LogP contribution >= 0.6 is 11.8 Å². The molecule has 0 saturated heterocycles. The summed E-state index contributed by atoms with van der Waals surface area (Å²) in [5.74, 6) is 1.39. The van der Waals surface area contributed by atoms with Crippen molar-refractivity contribution in [2.24, 2.45) is 5.73 Å². The number of para-hydroxylation sites is 1. The predicted molar refractivity (Wildman–Crippen MR) is 85.4 cm³/mol. The first-order valence-corrected chi connectivity index (χ1v) is 7.94. The Morgan fingerprint density at radius 1 is 1.33 bits per heavy atom. The van der Waals surface area contributed by atoms with Crippen molar-refractivity contribution in [2.45, 2.75) is 13.3 Å². The molecule has 0 bridgehead atoms. The Morgan fingerprint density at radius 3 is 2.71 bits per heavy atom. The summed E-state index contributed by atoms with van der Waals surface area (Å²) in [5, 5.41) is 0. The van der Waals surface area contributed by atoms with Crippen molar-refractivity contribution < 1.29 is 14.3 Å². The number of aryl methyl sites for hydroxylation is 1. The third-order valence-electron chi connectivity index (χ3n) is 2.91. The summed E-state index contributed by atoms with van der Waals surface area (Å²) >= 11 is 1.38. The fourth-order valence-corrected chi connectivity index (χ4v) is 2.32. The van der Waals surface area contributed by atoms with E-state index in [9.17, 15) is 9.59 Å². The number of rotatable bonds is 9. The standard InChI is InChI=1S/C15H22N2O3S/c1-12-5-3-4-6-13(12)20-9-8-17(2)15(19)7-10-21-11-14(16)18/h3-6H,7-11H2,1-2H3,(H2,16,18). The largest absolute Gasteiger partial charge is 0.491 e. The maximum absolute atomic E-state index is 11.8. The van der Waals surface area contributed by atoms with Gasteiger partial charge in [0.15, 0.2) is 0 Å². The van der Waals surface area contributed by atoms with E-state index in [2.05, 4.69) is 0 Å². The number of nitrogens with two attached hydrogens (primary N) is 1. The average molecular weight is 310 g/mol. The van der Waals surface area contributed by atoms with E-state index < -0.39 is 0 Å². The molecule has 0 aliphatic carbocycles. The van der Waals surface area contributed by atoms with Crippen LogP contribution in [0.2, 0.25) is 0 Å². The van der Waals surface area contributed by atoms with Gasteiger partial charge in [0.1, 0.15) is 12.4 Å². The molecule has 1 rings (SSSR count). The minimum absolute atomic E-state index is 0.0420. The van der Waals surface area contributed by atoms with E-state index in [1.165, 1.54) is 11.8 Å². The van der Waals surface area contributed by atoms with Crippen LogP contribution < -0.4 is 10.5 Å². The number of nitrogens with zero attached hydrogens (tertiary/aromatic N) is 1. The summed E-state index contributed by atoms with van der Waals surface area (Å²) < 4.78 is 5.65. The minimum Gasteiger partial charge on any atom is -0.491 e. The van der Waals surface area contributed by atoms with Crippen LogP contribution in [0.25, 0.3) is 0 Å². The number of primary amides is 1. The Bertz CT molecular complexity index is 480. The van der Waals surface area contributed by atoms with Gasteiger partial charge in [-0.05, 0) is 18.6 Å². The topological polar surface area (TPSA) is 72.6 Å². The zero-order valence-corrected chi connectivity index (χ0v) is 13.3. The third kappa shape index (κ3) is 7.04. The highest BCUT2D eigenvalue weighted by atomic mass is 32.2. The van der Waals surface area contributed by atoms with E-state index in [1.807, 2.05) is 31.2 Å². The van der Waals surface area contributed by atoms with Gasteiger partial charge < -0.3 is 15.4 Å². The van der Waals surface area contributed by atoms with Gasteiger partial charge in [-0.2, -0.15) is 11.8 Å². The van der Waals surface area contributed by atoms with Crippen LogP contribution in [0.4, 0.5) is 0 Å². The lowest BCUT2D eigenvalue weighted by Gasteiger charge is -2.18. The second kappa shape index (κ2) is 9.28. The Kier molecular flexibility index (Phi) is 7.68. The van der Waals surface area contributed by atoms with Gasteiger partial charge in [-0.25, -0.2) is 0 Å². The second-order valence-electron chi connectivity index (χ2n) is 4.70. The Balaban J connectivity index is 2.21. The number of amides is 2. The minimum atomic E-state index is -0.354.